The number of aromatic nitrogens is 4. The van der Waals surface area contributed by atoms with Crippen LogP contribution in [0.5, 0.6) is 11.5 Å². The molecule has 0 aliphatic carbocycles. The van der Waals surface area contributed by atoms with Gasteiger partial charge >= 0.3 is 0 Å². The highest BCUT2D eigenvalue weighted by molar-refractivity contribution is 5.78. The lowest BCUT2D eigenvalue weighted by molar-refractivity contribution is -0.384. The van der Waals surface area contributed by atoms with Gasteiger partial charge in [0.05, 0.1) is 31.0 Å². The maximum atomic E-state index is 13.7. The predicted molar refractivity (Wildman–Crippen MR) is 138 cm³/mol. The average molecular weight is 498 g/mol. The number of methoxy groups -OCH3 is 2. The zero-order chi connectivity index (χ0) is 25.9. The lowest BCUT2D eigenvalue weighted by Crippen LogP contribution is -2.24. The highest BCUT2D eigenvalue weighted by Crippen LogP contribution is 2.29. The number of hydrogen-bond donors (Lipinski definition) is 0. The van der Waals surface area contributed by atoms with Crippen LogP contribution in [-0.2, 0) is 13.0 Å². The average Bonchev–Trinajstić information content (AvgIpc) is 3.37. The van der Waals surface area contributed by atoms with Crippen molar-refractivity contribution in [2.24, 2.45) is 0 Å². The SMILES string of the molecule is COc1ccc(CCn2c(-c3cccc([N+](=O)[O-])c3)nc3c(cnn3-c3ccccc3)c2=O)cc1OC. The fraction of sp³-hybridized carbons (Fsp3) is 0.148. The molecule has 2 aromatic heterocycles. The van der Waals surface area contributed by atoms with Crippen molar-refractivity contribution >= 4 is 16.7 Å². The molecule has 0 spiro atoms. The number of nitrogens with zero attached hydrogens (tertiary/aromatic N) is 5. The number of ether oxygens (including phenoxy) is 2. The van der Waals surface area contributed by atoms with E-state index in [0.717, 1.165) is 11.3 Å². The minimum atomic E-state index is -0.470. The summed E-state index contributed by atoms with van der Waals surface area (Å²) in [5.41, 5.74) is 2.14. The summed E-state index contributed by atoms with van der Waals surface area (Å²) in [6.45, 7) is 0.284. The molecule has 186 valence electrons. The second-order valence-corrected chi connectivity index (χ2v) is 8.27. The van der Waals surface area contributed by atoms with Gasteiger partial charge in [0, 0.05) is 24.2 Å². The summed E-state index contributed by atoms with van der Waals surface area (Å²) in [7, 11) is 3.13. The molecule has 5 aromatic rings. The number of aryl methyl sites for hydroxylation is 1. The maximum absolute atomic E-state index is 13.7. The molecular formula is C27H23N5O5. The summed E-state index contributed by atoms with van der Waals surface area (Å²) in [4.78, 5) is 29.5. The molecule has 0 amide bonds. The summed E-state index contributed by atoms with van der Waals surface area (Å²) in [6.07, 6.45) is 1.99. The third-order valence-corrected chi connectivity index (χ3v) is 6.07. The normalized spacial score (nSPS) is 11.0. The fourth-order valence-corrected chi connectivity index (χ4v) is 4.22. The van der Waals surface area contributed by atoms with Crippen LogP contribution in [0.25, 0.3) is 28.1 Å². The van der Waals surface area contributed by atoms with Crippen LogP contribution in [0, 0.1) is 10.1 Å². The van der Waals surface area contributed by atoms with E-state index in [2.05, 4.69) is 5.10 Å². The van der Waals surface area contributed by atoms with E-state index < -0.39 is 4.92 Å². The van der Waals surface area contributed by atoms with Crippen LogP contribution >= 0.6 is 0 Å². The molecule has 0 atom stereocenters. The van der Waals surface area contributed by atoms with Gasteiger partial charge in [0.15, 0.2) is 17.1 Å². The van der Waals surface area contributed by atoms with Gasteiger partial charge in [-0.05, 0) is 36.2 Å². The Morgan fingerprint density at radius 3 is 2.46 bits per heavy atom. The number of fused-ring (bicyclic) bond motifs is 1. The summed E-state index contributed by atoms with van der Waals surface area (Å²) < 4.78 is 13.8. The van der Waals surface area contributed by atoms with Crippen molar-refractivity contribution in [3.8, 4) is 28.6 Å². The van der Waals surface area contributed by atoms with E-state index in [9.17, 15) is 14.9 Å². The third kappa shape index (κ3) is 4.52. The molecule has 37 heavy (non-hydrogen) atoms. The van der Waals surface area contributed by atoms with Gasteiger partial charge in [-0.2, -0.15) is 5.10 Å². The van der Waals surface area contributed by atoms with Crippen LogP contribution in [0.15, 0.2) is 83.8 Å². The Kier molecular flexibility index (Phi) is 6.38. The molecule has 3 aromatic carbocycles. The van der Waals surface area contributed by atoms with Gasteiger partial charge in [0.1, 0.15) is 11.2 Å². The minimum Gasteiger partial charge on any atom is -0.493 e. The second-order valence-electron chi connectivity index (χ2n) is 8.27. The first-order valence-electron chi connectivity index (χ1n) is 11.5. The molecule has 0 N–H and O–H groups in total. The molecule has 0 aliphatic heterocycles. The van der Waals surface area contributed by atoms with E-state index >= 15 is 0 Å². The van der Waals surface area contributed by atoms with Gasteiger partial charge in [0.2, 0.25) is 0 Å². The van der Waals surface area contributed by atoms with Crippen LogP contribution in [0.1, 0.15) is 5.56 Å². The Bertz CT molecular complexity index is 1660. The number of benzene rings is 3. The lowest BCUT2D eigenvalue weighted by Gasteiger charge is -2.14. The Hall–Kier alpha value is -4.99. The van der Waals surface area contributed by atoms with Crippen molar-refractivity contribution in [1.82, 2.24) is 19.3 Å². The first kappa shape index (κ1) is 23.7. The number of para-hydroxylation sites is 1. The Morgan fingerprint density at radius 1 is 0.946 bits per heavy atom. The van der Waals surface area contributed by atoms with Crippen LogP contribution in [0.2, 0.25) is 0 Å². The molecule has 0 unspecified atom stereocenters. The molecule has 0 saturated carbocycles. The summed E-state index contributed by atoms with van der Waals surface area (Å²) in [6, 6.07) is 21.0. The summed E-state index contributed by atoms with van der Waals surface area (Å²) >= 11 is 0. The van der Waals surface area contributed by atoms with Crippen molar-refractivity contribution in [1.29, 1.82) is 0 Å². The number of non-ortho nitro benzene ring substituents is 1. The summed E-state index contributed by atoms with van der Waals surface area (Å²) in [5, 5.41) is 16.2. The van der Waals surface area contributed by atoms with Gasteiger partial charge < -0.3 is 9.47 Å². The molecule has 10 nitrogen and oxygen atoms in total. The van der Waals surface area contributed by atoms with Gasteiger partial charge in [-0.1, -0.05) is 36.4 Å². The van der Waals surface area contributed by atoms with E-state index in [1.165, 1.54) is 22.9 Å². The van der Waals surface area contributed by atoms with Gasteiger partial charge in [-0.25, -0.2) is 9.67 Å². The van der Waals surface area contributed by atoms with Gasteiger partial charge in [-0.3, -0.25) is 19.5 Å². The lowest BCUT2D eigenvalue weighted by atomic mass is 10.1. The Labute approximate surface area is 211 Å². The molecule has 0 radical (unpaired) electrons. The number of nitro benzene ring substituents is 1. The monoisotopic (exact) mass is 497 g/mol. The van der Waals surface area contributed by atoms with Crippen LogP contribution in [0.3, 0.4) is 0 Å². The highest BCUT2D eigenvalue weighted by atomic mass is 16.6. The zero-order valence-corrected chi connectivity index (χ0v) is 20.2. The molecule has 0 aliphatic rings. The molecule has 0 fully saturated rings. The standard InChI is InChI=1S/C27H23N5O5/c1-36-23-12-11-18(15-24(23)37-2)13-14-30-25(19-7-6-10-21(16-19)32(34)35)29-26-22(27(30)33)17-28-31(26)20-8-4-3-5-9-20/h3-12,15-17H,13-14H2,1-2H3. The second kappa shape index (κ2) is 9.94. The van der Waals surface area contributed by atoms with Crippen molar-refractivity contribution in [2.75, 3.05) is 14.2 Å². The third-order valence-electron chi connectivity index (χ3n) is 6.07. The van der Waals surface area contributed by atoms with Crippen molar-refractivity contribution in [3.63, 3.8) is 0 Å². The largest absolute Gasteiger partial charge is 0.493 e. The van der Waals surface area contributed by atoms with Crippen molar-refractivity contribution in [3.05, 3.63) is 105 Å². The van der Waals surface area contributed by atoms with E-state index in [1.807, 2.05) is 48.5 Å². The highest BCUT2D eigenvalue weighted by Gasteiger charge is 2.19. The van der Waals surface area contributed by atoms with Crippen molar-refractivity contribution in [2.45, 2.75) is 13.0 Å². The van der Waals surface area contributed by atoms with Crippen LogP contribution in [0.4, 0.5) is 5.69 Å². The van der Waals surface area contributed by atoms with Gasteiger partial charge in [0.25, 0.3) is 11.2 Å². The predicted octanol–water partition coefficient (Wildman–Crippen LogP) is 4.42. The molecular weight excluding hydrogens is 474 g/mol. The van der Waals surface area contributed by atoms with Gasteiger partial charge in [-0.15, -0.1) is 0 Å². The van der Waals surface area contributed by atoms with E-state index in [1.54, 1.807) is 31.0 Å². The fourth-order valence-electron chi connectivity index (χ4n) is 4.22. The molecule has 2 heterocycles. The number of nitro groups is 1. The zero-order valence-electron chi connectivity index (χ0n) is 20.2. The Morgan fingerprint density at radius 2 is 1.73 bits per heavy atom. The van der Waals surface area contributed by atoms with Crippen molar-refractivity contribution < 1.29 is 14.4 Å². The molecule has 0 saturated heterocycles. The van der Waals surface area contributed by atoms with E-state index in [0.29, 0.717) is 40.3 Å². The Balaban J connectivity index is 1.65. The smallest absolute Gasteiger partial charge is 0.270 e. The molecule has 10 heteroatoms. The quantitative estimate of drug-likeness (QED) is 0.230. The number of hydrogen-bond acceptors (Lipinski definition) is 7. The first-order valence-corrected chi connectivity index (χ1v) is 11.5. The summed E-state index contributed by atoms with van der Waals surface area (Å²) in [5.74, 6) is 1.51. The van der Waals surface area contributed by atoms with Crippen LogP contribution in [-0.4, -0.2) is 38.5 Å². The minimum absolute atomic E-state index is 0.0881. The van der Waals surface area contributed by atoms with E-state index in [4.69, 9.17) is 14.5 Å². The van der Waals surface area contributed by atoms with Crippen LogP contribution < -0.4 is 15.0 Å². The topological polar surface area (TPSA) is 114 Å². The van der Waals surface area contributed by atoms with E-state index in [-0.39, 0.29) is 17.8 Å². The number of rotatable bonds is 8. The maximum Gasteiger partial charge on any atom is 0.270 e. The molecule has 0 bridgehead atoms. The molecule has 5 rings (SSSR count). The first-order chi connectivity index (χ1) is 18.0.